The molecule has 1 aromatic carbocycles. The van der Waals surface area contributed by atoms with Crippen LogP contribution in [0.15, 0.2) is 41.3 Å². The highest BCUT2D eigenvalue weighted by Gasteiger charge is 2.31. The van der Waals surface area contributed by atoms with Crippen molar-refractivity contribution < 1.29 is 19.0 Å². The molecule has 0 amide bonds. The molecule has 1 unspecified atom stereocenters. The predicted molar refractivity (Wildman–Crippen MR) is 106 cm³/mol. The van der Waals surface area contributed by atoms with Crippen molar-refractivity contribution in [3.8, 4) is 22.6 Å². The topological polar surface area (TPSA) is 97.3 Å². The van der Waals surface area contributed by atoms with Crippen LogP contribution >= 0.6 is 0 Å². The number of hydrogen-bond donors (Lipinski definition) is 2. The van der Waals surface area contributed by atoms with Gasteiger partial charge < -0.3 is 20.5 Å². The first-order valence-corrected chi connectivity index (χ1v) is 9.38. The number of carbonyl (C=O) groups is 1. The Morgan fingerprint density at radius 2 is 2.07 bits per heavy atom. The van der Waals surface area contributed by atoms with Crippen molar-refractivity contribution in [3.05, 3.63) is 58.3 Å². The fourth-order valence-corrected chi connectivity index (χ4v) is 4.27. The van der Waals surface area contributed by atoms with Gasteiger partial charge in [-0.2, -0.15) is 0 Å². The van der Waals surface area contributed by atoms with Crippen LogP contribution in [0.25, 0.3) is 16.6 Å². The minimum Gasteiger partial charge on any atom is -0.477 e. The summed E-state index contributed by atoms with van der Waals surface area (Å²) in [5.74, 6) is -1.31. The van der Waals surface area contributed by atoms with E-state index < -0.39 is 22.9 Å². The normalized spacial score (nSPS) is 17.7. The summed E-state index contributed by atoms with van der Waals surface area (Å²) in [6.07, 6.45) is 2.75. The average Bonchev–Trinajstić information content (AvgIpc) is 2.69. The molecular formula is C21H18FN3O4. The van der Waals surface area contributed by atoms with Crippen LogP contribution in [0.2, 0.25) is 0 Å². The first-order valence-electron chi connectivity index (χ1n) is 9.38. The molecule has 8 heteroatoms. The number of halogens is 1. The number of aromatic nitrogens is 1. The lowest BCUT2D eigenvalue weighted by Crippen LogP contribution is -2.43. The Balaban J connectivity index is 1.91. The Bertz CT molecular complexity index is 1240. The van der Waals surface area contributed by atoms with E-state index in [0.717, 1.165) is 23.4 Å². The van der Waals surface area contributed by atoms with Crippen molar-refractivity contribution in [2.75, 3.05) is 18.0 Å². The van der Waals surface area contributed by atoms with Crippen molar-refractivity contribution in [2.45, 2.75) is 18.9 Å². The van der Waals surface area contributed by atoms with Gasteiger partial charge in [-0.25, -0.2) is 9.18 Å². The first kappa shape index (κ1) is 17.7. The number of para-hydroxylation sites is 1. The van der Waals surface area contributed by atoms with E-state index in [1.807, 2.05) is 11.0 Å². The number of carboxylic acid groups (broad SMARTS) is 1. The summed E-state index contributed by atoms with van der Waals surface area (Å²) in [6.45, 7) is 1.14. The second-order valence-electron chi connectivity index (χ2n) is 7.40. The molecule has 5 rings (SSSR count). The molecule has 2 aromatic heterocycles. The third-order valence-electron chi connectivity index (χ3n) is 5.52. The Morgan fingerprint density at radius 1 is 1.28 bits per heavy atom. The van der Waals surface area contributed by atoms with E-state index in [0.29, 0.717) is 41.2 Å². The van der Waals surface area contributed by atoms with Gasteiger partial charge in [0.2, 0.25) is 0 Å². The Morgan fingerprint density at radius 3 is 2.83 bits per heavy atom. The molecular weight excluding hydrogens is 377 g/mol. The van der Waals surface area contributed by atoms with Gasteiger partial charge >= 0.3 is 5.97 Å². The molecule has 7 nitrogen and oxygen atoms in total. The SMILES string of the molecule is NC1CCCN(c2c(F)cn3c(=O)c(C(=O)O)cc4c3c2-c2ccccc2O4)C1. The second-order valence-corrected chi connectivity index (χ2v) is 7.40. The van der Waals surface area contributed by atoms with Crippen molar-refractivity contribution >= 4 is 17.2 Å². The van der Waals surface area contributed by atoms with E-state index in [1.54, 1.807) is 18.2 Å². The highest BCUT2D eigenvalue weighted by Crippen LogP contribution is 2.49. The number of pyridine rings is 2. The van der Waals surface area contributed by atoms with Crippen molar-refractivity contribution in [1.82, 2.24) is 4.40 Å². The van der Waals surface area contributed by atoms with Gasteiger partial charge in [0.25, 0.3) is 5.56 Å². The summed E-state index contributed by atoms with van der Waals surface area (Å²) in [6, 6.07) is 8.27. The van der Waals surface area contributed by atoms with Crippen LogP contribution in [-0.2, 0) is 0 Å². The Kier molecular flexibility index (Phi) is 3.85. The summed E-state index contributed by atoms with van der Waals surface area (Å²) in [5, 5.41) is 9.40. The van der Waals surface area contributed by atoms with Crippen molar-refractivity contribution in [2.24, 2.45) is 5.73 Å². The summed E-state index contributed by atoms with van der Waals surface area (Å²) >= 11 is 0. The molecule has 0 aliphatic carbocycles. The number of fused-ring (bicyclic) bond motifs is 2. The van der Waals surface area contributed by atoms with Crippen LogP contribution in [-0.4, -0.2) is 34.6 Å². The summed E-state index contributed by atoms with van der Waals surface area (Å²) in [7, 11) is 0. The Labute approximate surface area is 164 Å². The standard InChI is InChI=1S/C21H18FN3O4/c22-14-10-25-19-16(8-13(20(25)26)21(27)28)29-15-6-2-1-5-12(15)17(19)18(14)24-7-3-4-11(23)9-24/h1-2,5-6,8,10-11H,3-4,7,9,23H2,(H,27,28). The zero-order chi connectivity index (χ0) is 20.3. The number of carboxylic acids is 1. The maximum atomic E-state index is 15.4. The number of benzene rings is 1. The molecule has 0 spiro atoms. The third kappa shape index (κ3) is 2.60. The van der Waals surface area contributed by atoms with Crippen LogP contribution in [0.5, 0.6) is 11.5 Å². The van der Waals surface area contributed by atoms with E-state index in [4.69, 9.17) is 10.5 Å². The molecule has 0 saturated carbocycles. The minimum atomic E-state index is -1.39. The predicted octanol–water partition coefficient (Wildman–Crippen LogP) is 2.84. The van der Waals surface area contributed by atoms with Crippen molar-refractivity contribution in [3.63, 3.8) is 0 Å². The molecule has 29 heavy (non-hydrogen) atoms. The number of anilines is 1. The third-order valence-corrected chi connectivity index (χ3v) is 5.52. The quantitative estimate of drug-likeness (QED) is 0.542. The fourth-order valence-electron chi connectivity index (χ4n) is 4.27. The molecule has 3 aromatic rings. The van der Waals surface area contributed by atoms with E-state index in [1.165, 1.54) is 6.07 Å². The minimum absolute atomic E-state index is 0.0716. The average molecular weight is 395 g/mol. The van der Waals surface area contributed by atoms with E-state index in [2.05, 4.69) is 0 Å². The molecule has 2 aliphatic rings. The summed E-state index contributed by atoms with van der Waals surface area (Å²) in [4.78, 5) is 26.2. The molecule has 1 fully saturated rings. The molecule has 1 atom stereocenters. The van der Waals surface area contributed by atoms with Crippen LogP contribution in [0, 0.1) is 5.82 Å². The number of hydrogen-bond acceptors (Lipinski definition) is 5. The zero-order valence-corrected chi connectivity index (χ0v) is 15.4. The number of nitrogens with two attached hydrogens (primary N) is 1. The van der Waals surface area contributed by atoms with Gasteiger partial charge in [0.1, 0.15) is 16.8 Å². The highest BCUT2D eigenvalue weighted by atomic mass is 19.1. The largest absolute Gasteiger partial charge is 0.477 e. The zero-order valence-electron chi connectivity index (χ0n) is 15.4. The lowest BCUT2D eigenvalue weighted by molar-refractivity contribution is 0.0694. The maximum absolute atomic E-state index is 15.4. The molecule has 3 N–H and O–H groups in total. The van der Waals surface area contributed by atoms with Gasteiger partial charge in [-0.05, 0) is 18.9 Å². The van der Waals surface area contributed by atoms with Crippen LogP contribution in [0.1, 0.15) is 23.2 Å². The number of ether oxygens (including phenoxy) is 1. The van der Waals surface area contributed by atoms with Crippen LogP contribution in [0.4, 0.5) is 10.1 Å². The highest BCUT2D eigenvalue weighted by molar-refractivity contribution is 6.00. The van der Waals surface area contributed by atoms with Crippen molar-refractivity contribution in [1.29, 1.82) is 0 Å². The van der Waals surface area contributed by atoms with Gasteiger partial charge in [0.05, 0.1) is 11.9 Å². The first-order chi connectivity index (χ1) is 14.0. The molecule has 0 radical (unpaired) electrons. The number of nitrogens with zero attached hydrogens (tertiary/aromatic N) is 2. The molecule has 1 saturated heterocycles. The van der Waals surface area contributed by atoms with Gasteiger partial charge in [-0.15, -0.1) is 0 Å². The lowest BCUT2D eigenvalue weighted by atomic mass is 9.96. The summed E-state index contributed by atoms with van der Waals surface area (Å²) in [5.41, 5.74) is 6.72. The molecule has 2 aliphatic heterocycles. The van der Waals surface area contributed by atoms with E-state index in [-0.39, 0.29) is 11.8 Å². The smallest absolute Gasteiger partial charge is 0.341 e. The monoisotopic (exact) mass is 395 g/mol. The van der Waals surface area contributed by atoms with Gasteiger partial charge in [0, 0.05) is 36.3 Å². The lowest BCUT2D eigenvalue weighted by Gasteiger charge is -2.35. The van der Waals surface area contributed by atoms with Gasteiger partial charge in [0.15, 0.2) is 11.6 Å². The molecule has 148 valence electrons. The molecule has 0 bridgehead atoms. The van der Waals surface area contributed by atoms with E-state index >= 15 is 4.39 Å². The van der Waals surface area contributed by atoms with E-state index in [9.17, 15) is 14.7 Å². The Hall–Kier alpha value is -3.39. The number of aromatic carboxylic acids is 1. The number of rotatable bonds is 2. The number of piperidine rings is 1. The fraction of sp³-hybridized carbons (Fsp3) is 0.238. The van der Waals surface area contributed by atoms with Crippen LogP contribution < -0.4 is 20.9 Å². The maximum Gasteiger partial charge on any atom is 0.341 e. The van der Waals surface area contributed by atoms with Gasteiger partial charge in [-0.1, -0.05) is 18.2 Å². The van der Waals surface area contributed by atoms with Gasteiger partial charge in [-0.3, -0.25) is 9.20 Å². The molecule has 4 heterocycles. The second kappa shape index (κ2) is 6.31. The van der Waals surface area contributed by atoms with Crippen LogP contribution in [0.3, 0.4) is 0 Å². The summed E-state index contributed by atoms with van der Waals surface area (Å²) < 4.78 is 22.4.